The second-order valence-corrected chi connectivity index (χ2v) is 8.04. The van der Waals surface area contributed by atoms with Gasteiger partial charge in [-0.25, -0.2) is 8.42 Å². The molecule has 0 saturated carbocycles. The third-order valence-corrected chi connectivity index (χ3v) is 4.90. The lowest BCUT2D eigenvalue weighted by Crippen LogP contribution is -2.15. The zero-order valence-corrected chi connectivity index (χ0v) is 13.3. The van der Waals surface area contributed by atoms with Gasteiger partial charge in [-0.2, -0.15) is 0 Å². The highest BCUT2D eigenvalue weighted by atomic mass is 32.2. The molecule has 2 rings (SSSR count). The topological polar surface area (TPSA) is 47.3 Å². The number of benzene rings is 1. The zero-order valence-electron chi connectivity index (χ0n) is 12.5. The van der Waals surface area contributed by atoms with Crippen molar-refractivity contribution in [3.63, 3.8) is 0 Å². The van der Waals surface area contributed by atoms with Gasteiger partial charge >= 0.3 is 0 Å². The summed E-state index contributed by atoms with van der Waals surface area (Å²) in [5, 5.41) is 0. The van der Waals surface area contributed by atoms with Crippen molar-refractivity contribution in [2.45, 2.75) is 49.8 Å². The van der Waals surface area contributed by atoms with Crippen LogP contribution in [-0.2, 0) is 15.3 Å². The van der Waals surface area contributed by atoms with Crippen LogP contribution in [0.15, 0.2) is 44.5 Å². The first kappa shape index (κ1) is 14.9. The Morgan fingerprint density at radius 3 is 2.05 bits per heavy atom. The maximum Gasteiger partial charge on any atom is 0.210 e. The van der Waals surface area contributed by atoms with Crippen LogP contribution < -0.4 is 0 Å². The van der Waals surface area contributed by atoms with Crippen LogP contribution in [0.4, 0.5) is 0 Å². The average Bonchev–Trinajstić information content (AvgIpc) is 2.72. The highest BCUT2D eigenvalue weighted by Crippen LogP contribution is 2.34. The van der Waals surface area contributed by atoms with E-state index in [2.05, 4.69) is 0 Å². The smallest absolute Gasteiger partial charge is 0.210 e. The first-order valence-electron chi connectivity index (χ1n) is 6.55. The molecule has 0 spiro atoms. The summed E-state index contributed by atoms with van der Waals surface area (Å²) in [5.74, 6) is 1.12. The van der Waals surface area contributed by atoms with Gasteiger partial charge in [-0.1, -0.05) is 38.5 Å². The molecule has 0 atom stereocenters. The molecule has 108 valence electrons. The van der Waals surface area contributed by atoms with Crippen LogP contribution in [0.1, 0.15) is 37.9 Å². The summed E-state index contributed by atoms with van der Waals surface area (Å²) in [6.45, 7) is 9.53. The quantitative estimate of drug-likeness (QED) is 0.839. The van der Waals surface area contributed by atoms with Crippen LogP contribution in [-0.4, -0.2) is 8.42 Å². The van der Waals surface area contributed by atoms with E-state index < -0.39 is 9.84 Å². The number of furan rings is 1. The largest absolute Gasteiger partial charge is 0.464 e. The van der Waals surface area contributed by atoms with Crippen LogP contribution >= 0.6 is 0 Å². The van der Waals surface area contributed by atoms with Crippen molar-refractivity contribution < 1.29 is 12.8 Å². The molecule has 0 bridgehead atoms. The molecule has 1 heterocycles. The number of aryl methyl sites for hydroxylation is 2. The first-order chi connectivity index (χ1) is 9.12. The normalized spacial score (nSPS) is 12.7. The lowest BCUT2D eigenvalue weighted by Gasteiger charge is -2.17. The number of hydrogen-bond donors (Lipinski definition) is 0. The standard InChI is InChI=1S/C16H20O3S/c1-11-6-8-13(9-7-11)20(17,18)14-10-12(2)19-15(14)16(3,4)5/h6-10H,1-5H3. The van der Waals surface area contributed by atoms with Gasteiger partial charge in [0.1, 0.15) is 16.4 Å². The van der Waals surface area contributed by atoms with E-state index in [0.717, 1.165) is 5.56 Å². The monoisotopic (exact) mass is 292 g/mol. The second-order valence-electron chi connectivity index (χ2n) is 6.12. The molecule has 0 aliphatic heterocycles. The molecule has 0 fully saturated rings. The third-order valence-electron chi connectivity index (χ3n) is 3.12. The van der Waals surface area contributed by atoms with Gasteiger partial charge in [0.05, 0.1) is 4.90 Å². The Morgan fingerprint density at radius 2 is 1.55 bits per heavy atom. The van der Waals surface area contributed by atoms with Crippen molar-refractivity contribution in [3.8, 4) is 0 Å². The Bertz CT molecular complexity index is 714. The predicted molar refractivity (Wildman–Crippen MR) is 78.8 cm³/mol. The maximum absolute atomic E-state index is 12.8. The molecule has 0 aliphatic carbocycles. The summed E-state index contributed by atoms with van der Waals surface area (Å²) in [7, 11) is -3.54. The molecule has 0 aliphatic rings. The van der Waals surface area contributed by atoms with Crippen LogP contribution in [0.3, 0.4) is 0 Å². The van der Waals surface area contributed by atoms with Crippen LogP contribution in [0.5, 0.6) is 0 Å². The van der Waals surface area contributed by atoms with Crippen LogP contribution in [0, 0.1) is 13.8 Å². The van der Waals surface area contributed by atoms with Crippen LogP contribution in [0.25, 0.3) is 0 Å². The van der Waals surface area contributed by atoms with Gasteiger partial charge < -0.3 is 4.42 Å². The van der Waals surface area contributed by atoms with Crippen LogP contribution in [0.2, 0.25) is 0 Å². The number of hydrogen-bond acceptors (Lipinski definition) is 3. The summed E-state index contributed by atoms with van der Waals surface area (Å²) in [4.78, 5) is 0.570. The molecule has 0 N–H and O–H groups in total. The summed E-state index contributed by atoms with van der Waals surface area (Å²) < 4.78 is 31.2. The van der Waals surface area contributed by atoms with Gasteiger partial charge in [-0.15, -0.1) is 0 Å². The van der Waals surface area contributed by atoms with Crippen molar-refractivity contribution >= 4 is 9.84 Å². The minimum Gasteiger partial charge on any atom is -0.464 e. The minimum absolute atomic E-state index is 0.270. The Kier molecular flexibility index (Phi) is 3.54. The fraction of sp³-hybridized carbons (Fsp3) is 0.375. The molecule has 1 aromatic carbocycles. The molecular weight excluding hydrogens is 272 g/mol. The Hall–Kier alpha value is -1.55. The minimum atomic E-state index is -3.54. The van der Waals surface area contributed by atoms with Gasteiger partial charge in [0, 0.05) is 5.41 Å². The van der Waals surface area contributed by atoms with Crippen molar-refractivity contribution in [1.82, 2.24) is 0 Å². The van der Waals surface area contributed by atoms with Crippen molar-refractivity contribution in [2.75, 3.05) is 0 Å². The fourth-order valence-electron chi connectivity index (χ4n) is 2.06. The second kappa shape index (κ2) is 4.77. The van der Waals surface area contributed by atoms with Gasteiger partial charge in [-0.05, 0) is 32.0 Å². The predicted octanol–water partition coefficient (Wildman–Crippen LogP) is 4.03. The summed E-state index contributed by atoms with van der Waals surface area (Å²) >= 11 is 0. The molecule has 1 aromatic heterocycles. The van der Waals surface area contributed by atoms with Crippen molar-refractivity contribution in [2.24, 2.45) is 0 Å². The Labute approximate surface area is 120 Å². The van der Waals surface area contributed by atoms with Crippen molar-refractivity contribution in [1.29, 1.82) is 0 Å². The highest BCUT2D eigenvalue weighted by molar-refractivity contribution is 7.91. The molecule has 4 heteroatoms. The van der Waals surface area contributed by atoms with E-state index >= 15 is 0 Å². The van der Waals surface area contributed by atoms with Gasteiger partial charge in [0.25, 0.3) is 0 Å². The molecule has 0 saturated heterocycles. The average molecular weight is 292 g/mol. The number of rotatable bonds is 2. The summed E-state index contributed by atoms with van der Waals surface area (Å²) in [6.07, 6.45) is 0. The molecule has 2 aromatic rings. The van der Waals surface area contributed by atoms with Gasteiger partial charge in [0.15, 0.2) is 0 Å². The Morgan fingerprint density at radius 1 is 1.00 bits per heavy atom. The molecule has 3 nitrogen and oxygen atoms in total. The van der Waals surface area contributed by atoms with E-state index in [4.69, 9.17) is 4.42 Å². The van der Waals surface area contributed by atoms with E-state index in [1.54, 1.807) is 37.3 Å². The van der Waals surface area contributed by atoms with Crippen molar-refractivity contribution in [3.05, 3.63) is 47.4 Å². The van der Waals surface area contributed by atoms with Gasteiger partial charge in [-0.3, -0.25) is 0 Å². The fourth-order valence-corrected chi connectivity index (χ4v) is 3.72. The van der Waals surface area contributed by atoms with E-state index in [-0.39, 0.29) is 10.3 Å². The van der Waals surface area contributed by atoms with E-state index in [1.807, 2.05) is 27.7 Å². The first-order valence-corrected chi connectivity index (χ1v) is 8.03. The number of sulfone groups is 1. The maximum atomic E-state index is 12.8. The van der Waals surface area contributed by atoms with Gasteiger partial charge in [0.2, 0.25) is 9.84 Å². The lowest BCUT2D eigenvalue weighted by molar-refractivity contribution is 0.385. The van der Waals surface area contributed by atoms with E-state index in [1.165, 1.54) is 0 Å². The summed E-state index contributed by atoms with van der Waals surface area (Å²) in [5.41, 5.74) is 0.671. The lowest BCUT2D eigenvalue weighted by atomic mass is 9.93. The highest BCUT2D eigenvalue weighted by Gasteiger charge is 2.31. The molecule has 20 heavy (non-hydrogen) atoms. The molecule has 0 unspecified atom stereocenters. The molecular formula is C16H20O3S. The molecule has 0 radical (unpaired) electrons. The zero-order chi connectivity index (χ0) is 15.1. The molecule has 0 amide bonds. The SMILES string of the molecule is Cc1ccc(S(=O)(=O)c2cc(C)oc2C(C)(C)C)cc1. The van der Waals surface area contributed by atoms with E-state index in [9.17, 15) is 8.42 Å². The Balaban J connectivity index is 2.64. The third kappa shape index (κ3) is 2.66. The van der Waals surface area contributed by atoms with E-state index in [0.29, 0.717) is 16.4 Å². The summed E-state index contributed by atoms with van der Waals surface area (Å²) in [6, 6.07) is 8.49.